The van der Waals surface area contributed by atoms with Crippen molar-refractivity contribution < 1.29 is 9.84 Å². The van der Waals surface area contributed by atoms with Crippen LogP contribution in [0.2, 0.25) is 0 Å². The number of hydrogen-bond acceptors (Lipinski definition) is 7. The Morgan fingerprint density at radius 2 is 2.19 bits per heavy atom. The lowest BCUT2D eigenvalue weighted by molar-refractivity contribution is 0.103. The summed E-state index contributed by atoms with van der Waals surface area (Å²) in [5, 5.41) is 24.3. The van der Waals surface area contributed by atoms with Crippen LogP contribution in [0.15, 0.2) is 18.5 Å². The monoisotopic (exact) mass is 389 g/mol. The summed E-state index contributed by atoms with van der Waals surface area (Å²) in [6.45, 7) is 2.71. The number of aliphatic hydroxyl groups is 1. The number of H-pyrrole nitrogens is 1. The maximum Gasteiger partial charge on any atom is 0.235 e. The van der Waals surface area contributed by atoms with Crippen molar-refractivity contribution in [3.8, 4) is 5.88 Å². The van der Waals surface area contributed by atoms with Crippen LogP contribution in [-0.2, 0) is 6.54 Å². The molecule has 2 unspecified atom stereocenters. The number of fused-ring (bicyclic) bond motifs is 1. The first-order chi connectivity index (χ1) is 13.1. The summed E-state index contributed by atoms with van der Waals surface area (Å²) in [5.74, 6) is 2.29. The van der Waals surface area contributed by atoms with Gasteiger partial charge in [-0.1, -0.05) is 9.24 Å². The summed E-state index contributed by atoms with van der Waals surface area (Å²) in [6.07, 6.45) is 7.02. The minimum Gasteiger partial charge on any atom is -0.470 e. The predicted octanol–water partition coefficient (Wildman–Crippen LogP) is 2.44. The Hall–Kier alpha value is -2.25. The van der Waals surface area contributed by atoms with Gasteiger partial charge in [-0.05, 0) is 38.5 Å². The van der Waals surface area contributed by atoms with Crippen LogP contribution in [0.1, 0.15) is 32.6 Å². The second kappa shape index (κ2) is 7.78. The van der Waals surface area contributed by atoms with E-state index in [1.807, 2.05) is 11.6 Å². The average molecular weight is 389 g/mol. The van der Waals surface area contributed by atoms with Gasteiger partial charge in [0.15, 0.2) is 11.5 Å². The fraction of sp³-hybridized carbons (Fsp3) is 0.529. The van der Waals surface area contributed by atoms with E-state index in [0.717, 1.165) is 43.4 Å². The average Bonchev–Trinajstić information content (AvgIpc) is 3.23. The molecule has 144 valence electrons. The standard InChI is InChI=1S/C17H24N7O2P/c1-10(27)26-16-6-14(22-23-16)20-15-8-18-13-7-19-24(17(13)21-15)9-11-2-4-12(25)5-3-11/h6-8,10-12,25H,2-5,9,27H2,1H3,(H2,20,21,22,23). The van der Waals surface area contributed by atoms with Gasteiger partial charge in [0.05, 0.1) is 18.5 Å². The Morgan fingerprint density at radius 1 is 1.37 bits per heavy atom. The van der Waals surface area contributed by atoms with Crippen LogP contribution in [0, 0.1) is 5.92 Å². The highest BCUT2D eigenvalue weighted by atomic mass is 31.0. The number of hydrogen-bond donors (Lipinski definition) is 3. The first kappa shape index (κ1) is 18.1. The largest absolute Gasteiger partial charge is 0.470 e. The van der Waals surface area contributed by atoms with E-state index in [2.05, 4.69) is 39.8 Å². The number of nitrogens with zero attached hydrogens (tertiary/aromatic N) is 5. The van der Waals surface area contributed by atoms with E-state index in [1.54, 1.807) is 18.5 Å². The van der Waals surface area contributed by atoms with Gasteiger partial charge in [0.1, 0.15) is 17.2 Å². The molecule has 3 N–H and O–H groups in total. The van der Waals surface area contributed by atoms with E-state index in [9.17, 15) is 5.11 Å². The van der Waals surface area contributed by atoms with Gasteiger partial charge in [0, 0.05) is 12.6 Å². The third-order valence-electron chi connectivity index (χ3n) is 4.72. The zero-order valence-corrected chi connectivity index (χ0v) is 16.3. The van der Waals surface area contributed by atoms with Crippen LogP contribution in [-0.4, -0.2) is 47.0 Å². The summed E-state index contributed by atoms with van der Waals surface area (Å²) < 4.78 is 7.42. The third kappa shape index (κ3) is 4.36. The molecule has 3 aromatic rings. The van der Waals surface area contributed by atoms with Crippen molar-refractivity contribution in [2.24, 2.45) is 5.92 Å². The maximum atomic E-state index is 9.68. The highest BCUT2D eigenvalue weighted by Crippen LogP contribution is 2.26. The van der Waals surface area contributed by atoms with Gasteiger partial charge < -0.3 is 15.2 Å². The van der Waals surface area contributed by atoms with Crippen LogP contribution in [0.4, 0.5) is 11.6 Å². The van der Waals surface area contributed by atoms with E-state index < -0.39 is 0 Å². The fourth-order valence-corrected chi connectivity index (χ4v) is 3.51. The van der Waals surface area contributed by atoms with Crippen molar-refractivity contribution in [3.05, 3.63) is 18.5 Å². The SMILES string of the molecule is CC(P)Oc1cc(Nc2cnc3cnn(CC4CCC(O)CC4)c3n2)[nH]n1. The van der Waals surface area contributed by atoms with Gasteiger partial charge in [-0.2, -0.15) is 5.10 Å². The molecule has 0 amide bonds. The van der Waals surface area contributed by atoms with E-state index in [4.69, 9.17) is 4.74 Å². The van der Waals surface area contributed by atoms with Crippen molar-refractivity contribution >= 4 is 32.0 Å². The molecule has 4 rings (SSSR count). The van der Waals surface area contributed by atoms with Crippen molar-refractivity contribution in [1.82, 2.24) is 29.9 Å². The van der Waals surface area contributed by atoms with Crippen LogP contribution in [0.3, 0.4) is 0 Å². The lowest BCUT2D eigenvalue weighted by Gasteiger charge is -2.25. The lowest BCUT2D eigenvalue weighted by Crippen LogP contribution is -2.22. The first-order valence-electron chi connectivity index (χ1n) is 9.18. The van der Waals surface area contributed by atoms with Crippen molar-refractivity contribution in [3.63, 3.8) is 0 Å². The van der Waals surface area contributed by atoms with Crippen molar-refractivity contribution in [2.45, 2.75) is 51.1 Å². The molecule has 3 heterocycles. The molecule has 10 heteroatoms. The summed E-state index contributed by atoms with van der Waals surface area (Å²) in [6, 6.07) is 1.77. The van der Waals surface area contributed by atoms with Crippen molar-refractivity contribution in [1.29, 1.82) is 0 Å². The molecule has 0 bridgehead atoms. The predicted molar refractivity (Wildman–Crippen MR) is 105 cm³/mol. The normalized spacial score (nSPS) is 21.3. The summed E-state index contributed by atoms with van der Waals surface area (Å²) >= 11 is 0. The molecular weight excluding hydrogens is 365 g/mol. The minimum atomic E-state index is -0.149. The summed E-state index contributed by atoms with van der Waals surface area (Å²) in [5.41, 5.74) is 1.52. The second-order valence-electron chi connectivity index (χ2n) is 7.03. The molecule has 0 aliphatic heterocycles. The van der Waals surface area contributed by atoms with Gasteiger partial charge in [0.25, 0.3) is 0 Å². The minimum absolute atomic E-state index is 0.0208. The number of aromatic amines is 1. The van der Waals surface area contributed by atoms with Gasteiger partial charge in [-0.15, -0.1) is 5.10 Å². The van der Waals surface area contributed by atoms with E-state index in [1.165, 1.54) is 0 Å². The zero-order chi connectivity index (χ0) is 18.8. The van der Waals surface area contributed by atoms with E-state index in [0.29, 0.717) is 23.4 Å². The summed E-state index contributed by atoms with van der Waals surface area (Å²) in [4.78, 5) is 9.11. The molecule has 0 radical (unpaired) electrons. The third-order valence-corrected chi connectivity index (χ3v) is 4.85. The maximum absolute atomic E-state index is 9.68. The van der Waals surface area contributed by atoms with Gasteiger partial charge in [-0.3, -0.25) is 5.10 Å². The van der Waals surface area contributed by atoms with Crippen molar-refractivity contribution in [2.75, 3.05) is 5.32 Å². The number of aliphatic hydroxyl groups excluding tert-OH is 1. The first-order valence-corrected chi connectivity index (χ1v) is 9.85. The molecule has 1 aliphatic rings. The van der Waals surface area contributed by atoms with Gasteiger partial charge >= 0.3 is 0 Å². The molecule has 1 aliphatic carbocycles. The molecule has 0 aromatic carbocycles. The van der Waals surface area contributed by atoms with Gasteiger partial charge in [-0.25, -0.2) is 14.6 Å². The molecule has 2 atom stereocenters. The Labute approximate surface area is 159 Å². The second-order valence-corrected chi connectivity index (χ2v) is 7.97. The Balaban J connectivity index is 1.49. The Bertz CT molecular complexity index is 902. The summed E-state index contributed by atoms with van der Waals surface area (Å²) in [7, 11) is 2.56. The molecular formula is C17H24N7O2P. The number of aromatic nitrogens is 6. The lowest BCUT2D eigenvalue weighted by atomic mass is 9.87. The molecule has 9 nitrogen and oxygen atoms in total. The Kier molecular flexibility index (Phi) is 5.22. The zero-order valence-electron chi connectivity index (χ0n) is 15.2. The topological polar surface area (TPSA) is 114 Å². The van der Waals surface area contributed by atoms with Crippen LogP contribution in [0.25, 0.3) is 11.2 Å². The molecule has 0 saturated heterocycles. The van der Waals surface area contributed by atoms with E-state index >= 15 is 0 Å². The number of rotatable bonds is 6. The van der Waals surface area contributed by atoms with Gasteiger partial charge in [0.2, 0.25) is 5.88 Å². The fourth-order valence-electron chi connectivity index (χ4n) is 3.37. The van der Waals surface area contributed by atoms with E-state index in [-0.39, 0.29) is 11.9 Å². The molecule has 0 spiro atoms. The smallest absolute Gasteiger partial charge is 0.235 e. The molecule has 27 heavy (non-hydrogen) atoms. The highest BCUT2D eigenvalue weighted by Gasteiger charge is 2.21. The van der Waals surface area contributed by atoms with Crippen LogP contribution < -0.4 is 10.1 Å². The van der Waals surface area contributed by atoms with Crippen LogP contribution >= 0.6 is 9.24 Å². The number of nitrogens with one attached hydrogen (secondary N) is 2. The van der Waals surface area contributed by atoms with Crippen LogP contribution in [0.5, 0.6) is 5.88 Å². The number of anilines is 2. The number of ether oxygens (including phenoxy) is 1. The molecule has 3 aromatic heterocycles. The highest BCUT2D eigenvalue weighted by molar-refractivity contribution is 7.17. The molecule has 1 saturated carbocycles. The molecule has 1 fully saturated rings. The Morgan fingerprint density at radius 3 is 2.96 bits per heavy atom. The quantitative estimate of drug-likeness (QED) is 0.555.